The van der Waals surface area contributed by atoms with Gasteiger partial charge in [0.25, 0.3) is 0 Å². The van der Waals surface area contributed by atoms with E-state index in [1.807, 2.05) is 0 Å². The molecule has 1 unspecified atom stereocenters. The van der Waals surface area contributed by atoms with Crippen molar-refractivity contribution in [2.75, 3.05) is 0 Å². The second kappa shape index (κ2) is 5.77. The first-order valence-electron chi connectivity index (χ1n) is 5.18. The number of benzene rings is 1. The minimum absolute atomic E-state index is 0.224. The molecule has 1 atom stereocenters. The number of hydrogen-bond acceptors (Lipinski definition) is 1. The first kappa shape index (κ1) is 17.0. The average molecular weight is 325 g/mol. The van der Waals surface area contributed by atoms with Gasteiger partial charge in [0.05, 0.1) is 11.1 Å². The quantitative estimate of drug-likeness (QED) is 0.829. The summed E-state index contributed by atoms with van der Waals surface area (Å²) in [5, 5.41) is 8.87. The molecule has 0 aromatic heterocycles. The van der Waals surface area contributed by atoms with Gasteiger partial charge in [-0.25, -0.2) is 4.39 Å². The summed E-state index contributed by atoms with van der Waals surface area (Å²) in [4.78, 5) is 0. The highest BCUT2D eigenvalue weighted by atomic mass is 35.5. The Morgan fingerprint density at radius 3 is 1.95 bits per heavy atom. The second-order valence-corrected chi connectivity index (χ2v) is 4.49. The van der Waals surface area contributed by atoms with Crippen molar-refractivity contribution in [2.45, 2.75) is 24.9 Å². The van der Waals surface area contributed by atoms with Gasteiger partial charge in [0, 0.05) is 0 Å². The molecule has 0 radical (unpaired) electrons. The minimum atomic E-state index is -5.65. The van der Waals surface area contributed by atoms with Crippen molar-refractivity contribution in [3.8, 4) is 0 Å². The van der Waals surface area contributed by atoms with Gasteiger partial charge >= 0.3 is 12.4 Å². The maximum atomic E-state index is 13.0. The van der Waals surface area contributed by atoms with Gasteiger partial charge in [0.15, 0.2) is 5.92 Å². The molecule has 20 heavy (non-hydrogen) atoms. The van der Waals surface area contributed by atoms with Gasteiger partial charge in [-0.3, -0.25) is 0 Å². The van der Waals surface area contributed by atoms with Crippen LogP contribution in [0.5, 0.6) is 0 Å². The molecule has 0 amide bonds. The smallest absolute Gasteiger partial charge is 0.392 e. The van der Waals surface area contributed by atoms with E-state index in [1.54, 1.807) is 0 Å². The van der Waals surface area contributed by atoms with Crippen LogP contribution in [0, 0.1) is 11.7 Å². The largest absolute Gasteiger partial charge is 0.403 e. The highest BCUT2D eigenvalue weighted by Crippen LogP contribution is 2.42. The van der Waals surface area contributed by atoms with Gasteiger partial charge in [-0.2, -0.15) is 26.3 Å². The molecule has 1 aromatic rings. The van der Waals surface area contributed by atoms with E-state index in [0.717, 1.165) is 12.1 Å². The number of aliphatic hydroxyl groups is 1. The van der Waals surface area contributed by atoms with Crippen LogP contribution in [0.1, 0.15) is 5.56 Å². The lowest BCUT2D eigenvalue weighted by atomic mass is 9.95. The molecule has 0 bridgehead atoms. The van der Waals surface area contributed by atoms with E-state index >= 15 is 0 Å². The Morgan fingerprint density at radius 2 is 1.55 bits per heavy atom. The van der Waals surface area contributed by atoms with Gasteiger partial charge in [0.1, 0.15) is 5.82 Å². The molecular formula is C11H8ClF7O. The summed E-state index contributed by atoms with van der Waals surface area (Å²) in [6.45, 7) is 0. The Labute approximate surface area is 114 Å². The van der Waals surface area contributed by atoms with Crippen molar-refractivity contribution in [3.05, 3.63) is 34.6 Å². The summed E-state index contributed by atoms with van der Waals surface area (Å²) in [5.41, 5.74) is -0.224. The van der Waals surface area contributed by atoms with Crippen molar-refractivity contribution in [1.82, 2.24) is 0 Å². The highest BCUT2D eigenvalue weighted by molar-refractivity contribution is 6.30. The Morgan fingerprint density at radius 1 is 1.05 bits per heavy atom. The van der Waals surface area contributed by atoms with E-state index in [1.165, 1.54) is 0 Å². The molecule has 0 fully saturated rings. The first-order valence-corrected chi connectivity index (χ1v) is 5.56. The molecule has 1 nitrogen and oxygen atoms in total. The van der Waals surface area contributed by atoms with Crippen LogP contribution in [-0.4, -0.2) is 23.6 Å². The van der Waals surface area contributed by atoms with Crippen LogP contribution in [0.2, 0.25) is 5.02 Å². The maximum absolute atomic E-state index is 13.0. The Hall–Kier alpha value is -1.02. The van der Waals surface area contributed by atoms with Crippen LogP contribution in [0.3, 0.4) is 0 Å². The molecule has 1 N–H and O–H groups in total. The highest BCUT2D eigenvalue weighted by Gasteiger charge is 2.59. The molecule has 1 aromatic carbocycles. The van der Waals surface area contributed by atoms with E-state index in [9.17, 15) is 35.8 Å². The molecule has 0 saturated carbocycles. The van der Waals surface area contributed by atoms with Gasteiger partial charge in [-0.05, 0) is 24.1 Å². The number of rotatable bonds is 3. The van der Waals surface area contributed by atoms with Crippen molar-refractivity contribution < 1.29 is 35.8 Å². The van der Waals surface area contributed by atoms with E-state index in [0.29, 0.717) is 6.07 Å². The molecule has 0 heterocycles. The number of aliphatic hydroxyl groups excluding tert-OH is 1. The number of halogens is 8. The number of alkyl halides is 6. The Balaban J connectivity index is 2.97. The standard InChI is InChI=1S/C11H8ClF7O/c12-6-2-1-5(3-7(6)13)4-8(20)9(10(14,15)16)11(17,18)19/h1-3,8-9,20H,4H2. The zero-order chi connectivity index (χ0) is 15.7. The molecule has 1 rings (SSSR count). The van der Waals surface area contributed by atoms with Gasteiger partial charge < -0.3 is 5.11 Å². The zero-order valence-electron chi connectivity index (χ0n) is 9.56. The molecule has 0 aliphatic carbocycles. The Bertz CT molecular complexity index is 455. The Kier molecular flexibility index (Phi) is 4.91. The SMILES string of the molecule is OC(Cc1ccc(Cl)c(F)c1)C(C(F)(F)F)C(F)(F)F. The van der Waals surface area contributed by atoms with Crippen molar-refractivity contribution >= 4 is 11.6 Å². The third-order valence-electron chi connectivity index (χ3n) is 2.52. The van der Waals surface area contributed by atoms with Gasteiger partial charge in [-0.15, -0.1) is 0 Å². The van der Waals surface area contributed by atoms with Crippen LogP contribution in [-0.2, 0) is 6.42 Å². The lowest BCUT2D eigenvalue weighted by molar-refractivity contribution is -0.305. The van der Waals surface area contributed by atoms with Crippen LogP contribution in [0.25, 0.3) is 0 Å². The molecule has 0 aliphatic heterocycles. The zero-order valence-corrected chi connectivity index (χ0v) is 10.3. The third-order valence-corrected chi connectivity index (χ3v) is 2.83. The minimum Gasteiger partial charge on any atom is -0.392 e. The van der Waals surface area contributed by atoms with Crippen LogP contribution >= 0.6 is 11.6 Å². The lowest BCUT2D eigenvalue weighted by Crippen LogP contribution is -2.45. The van der Waals surface area contributed by atoms with Gasteiger partial charge in [0.2, 0.25) is 0 Å². The summed E-state index contributed by atoms with van der Waals surface area (Å²) in [6, 6.07) is 2.70. The van der Waals surface area contributed by atoms with Crippen molar-refractivity contribution in [1.29, 1.82) is 0 Å². The lowest BCUT2D eigenvalue weighted by Gasteiger charge is -2.27. The van der Waals surface area contributed by atoms with Crippen molar-refractivity contribution in [2.24, 2.45) is 5.92 Å². The summed E-state index contributed by atoms with van der Waals surface area (Å²) in [6.07, 6.45) is -15.1. The molecular weight excluding hydrogens is 317 g/mol. The predicted molar refractivity (Wildman–Crippen MR) is 56.7 cm³/mol. The van der Waals surface area contributed by atoms with Crippen LogP contribution < -0.4 is 0 Å². The molecule has 9 heteroatoms. The topological polar surface area (TPSA) is 20.2 Å². The summed E-state index contributed by atoms with van der Waals surface area (Å²) >= 11 is 5.33. The summed E-state index contributed by atoms with van der Waals surface area (Å²) < 4.78 is 87.1. The fraction of sp³-hybridized carbons (Fsp3) is 0.455. The molecule has 0 aliphatic rings. The molecule has 0 spiro atoms. The second-order valence-electron chi connectivity index (χ2n) is 4.08. The normalized spacial score (nSPS) is 14.7. The monoisotopic (exact) mass is 324 g/mol. The number of hydrogen-bond donors (Lipinski definition) is 1. The molecule has 114 valence electrons. The fourth-order valence-electron chi connectivity index (χ4n) is 1.65. The molecule has 0 saturated heterocycles. The van der Waals surface area contributed by atoms with Crippen LogP contribution in [0.4, 0.5) is 30.7 Å². The van der Waals surface area contributed by atoms with E-state index in [4.69, 9.17) is 11.6 Å². The van der Waals surface area contributed by atoms with Crippen molar-refractivity contribution in [3.63, 3.8) is 0 Å². The maximum Gasteiger partial charge on any atom is 0.403 e. The fourth-order valence-corrected chi connectivity index (χ4v) is 1.77. The first-order chi connectivity index (χ1) is 8.93. The summed E-state index contributed by atoms with van der Waals surface area (Å²) in [7, 11) is 0. The van der Waals surface area contributed by atoms with Crippen LogP contribution in [0.15, 0.2) is 18.2 Å². The summed E-state index contributed by atoms with van der Waals surface area (Å²) in [5.74, 6) is -4.89. The third kappa shape index (κ3) is 4.24. The van der Waals surface area contributed by atoms with Gasteiger partial charge in [-0.1, -0.05) is 17.7 Å². The van der Waals surface area contributed by atoms with E-state index in [-0.39, 0.29) is 10.6 Å². The average Bonchev–Trinajstić information content (AvgIpc) is 2.18. The predicted octanol–water partition coefficient (Wildman–Crippen LogP) is 4.12. The van der Waals surface area contributed by atoms with E-state index in [2.05, 4.69) is 0 Å². The van der Waals surface area contributed by atoms with E-state index < -0.39 is 36.6 Å².